The minimum Gasteiger partial charge on any atom is -0.481 e. The highest BCUT2D eigenvalue weighted by Crippen LogP contribution is 2.31. The molecule has 0 atom stereocenters. The van der Waals surface area contributed by atoms with Crippen LogP contribution in [0.4, 0.5) is 0 Å². The lowest BCUT2D eigenvalue weighted by atomic mass is 10.00. The van der Waals surface area contributed by atoms with Crippen molar-refractivity contribution in [3.05, 3.63) is 41.0 Å². The Kier molecular flexibility index (Phi) is 2.12. The van der Waals surface area contributed by atoms with E-state index in [4.69, 9.17) is 5.11 Å². The van der Waals surface area contributed by atoms with Crippen molar-refractivity contribution in [2.75, 3.05) is 0 Å². The minimum absolute atomic E-state index is 0.135. The third kappa shape index (κ3) is 1.43. The van der Waals surface area contributed by atoms with E-state index in [1.807, 2.05) is 18.2 Å². The summed E-state index contributed by atoms with van der Waals surface area (Å²) in [6.07, 6.45) is 3.03. The molecule has 0 saturated heterocycles. The Balaban J connectivity index is 2.37. The fourth-order valence-corrected chi connectivity index (χ4v) is 1.94. The van der Waals surface area contributed by atoms with E-state index in [9.17, 15) is 4.79 Å². The fourth-order valence-electron chi connectivity index (χ4n) is 1.94. The number of fused-ring (bicyclic) bond motifs is 1. The Morgan fingerprint density at radius 3 is 3.00 bits per heavy atom. The Morgan fingerprint density at radius 2 is 2.29 bits per heavy atom. The summed E-state index contributed by atoms with van der Waals surface area (Å²) in [4.78, 5) is 10.6. The predicted octanol–water partition coefficient (Wildman–Crippen LogP) is 2.41. The Morgan fingerprint density at radius 1 is 1.50 bits per heavy atom. The Labute approximate surface area is 82.9 Å². The quantitative estimate of drug-likeness (QED) is 0.773. The highest BCUT2D eigenvalue weighted by atomic mass is 16.4. The molecular weight excluding hydrogens is 176 g/mol. The smallest absolute Gasteiger partial charge is 0.307 e. The summed E-state index contributed by atoms with van der Waals surface area (Å²) in [5, 5.41) is 8.73. The van der Waals surface area contributed by atoms with Crippen LogP contribution in [0.3, 0.4) is 0 Å². The molecule has 0 fully saturated rings. The van der Waals surface area contributed by atoms with Crippen molar-refractivity contribution in [3.8, 4) is 0 Å². The number of aryl methyl sites for hydroxylation is 1. The second kappa shape index (κ2) is 3.29. The molecule has 0 aromatic heterocycles. The van der Waals surface area contributed by atoms with Crippen molar-refractivity contribution in [1.82, 2.24) is 0 Å². The Hall–Kier alpha value is -1.57. The van der Waals surface area contributed by atoms with Crippen molar-refractivity contribution < 1.29 is 9.90 Å². The van der Waals surface area contributed by atoms with Gasteiger partial charge in [-0.25, -0.2) is 0 Å². The number of aliphatic carboxylic acids is 1. The summed E-state index contributed by atoms with van der Waals surface area (Å²) in [7, 11) is 0. The predicted molar refractivity (Wildman–Crippen MR) is 55.1 cm³/mol. The molecule has 1 aromatic rings. The molecule has 0 bridgehead atoms. The van der Waals surface area contributed by atoms with E-state index < -0.39 is 5.97 Å². The zero-order valence-corrected chi connectivity index (χ0v) is 8.08. The number of carbonyl (C=O) groups is 1. The molecule has 1 aliphatic rings. The third-order valence-corrected chi connectivity index (χ3v) is 2.65. The SMILES string of the molecule is Cc1cccc2c1CC=C2CC(=O)O. The van der Waals surface area contributed by atoms with Gasteiger partial charge in [0.05, 0.1) is 6.42 Å². The second-order valence-electron chi connectivity index (χ2n) is 3.61. The molecule has 0 spiro atoms. The van der Waals surface area contributed by atoms with Crippen LogP contribution in [0.1, 0.15) is 23.1 Å². The van der Waals surface area contributed by atoms with Crippen molar-refractivity contribution in [2.45, 2.75) is 19.8 Å². The van der Waals surface area contributed by atoms with E-state index in [-0.39, 0.29) is 6.42 Å². The highest BCUT2D eigenvalue weighted by molar-refractivity contribution is 5.87. The molecule has 1 aliphatic carbocycles. The molecule has 0 aliphatic heterocycles. The zero-order valence-electron chi connectivity index (χ0n) is 8.08. The normalized spacial score (nSPS) is 13.6. The van der Waals surface area contributed by atoms with Crippen LogP contribution in [0.2, 0.25) is 0 Å². The number of carboxylic acids is 1. The van der Waals surface area contributed by atoms with Gasteiger partial charge in [-0.3, -0.25) is 4.79 Å². The third-order valence-electron chi connectivity index (χ3n) is 2.65. The standard InChI is InChI=1S/C12H12O2/c1-8-3-2-4-11-9(7-12(13)14)5-6-10(8)11/h2-5H,6-7H2,1H3,(H,13,14). The summed E-state index contributed by atoms with van der Waals surface area (Å²) < 4.78 is 0. The summed E-state index contributed by atoms with van der Waals surface area (Å²) >= 11 is 0. The van der Waals surface area contributed by atoms with Crippen LogP contribution in [-0.4, -0.2) is 11.1 Å². The number of rotatable bonds is 2. The second-order valence-corrected chi connectivity index (χ2v) is 3.61. The summed E-state index contributed by atoms with van der Waals surface area (Å²) in [5.74, 6) is -0.759. The summed E-state index contributed by atoms with van der Waals surface area (Å²) in [5.41, 5.74) is 4.60. The Bertz CT molecular complexity index is 416. The van der Waals surface area contributed by atoms with Gasteiger partial charge in [0, 0.05) is 0 Å². The maximum Gasteiger partial charge on any atom is 0.307 e. The monoisotopic (exact) mass is 188 g/mol. The van der Waals surface area contributed by atoms with Crippen molar-refractivity contribution in [3.63, 3.8) is 0 Å². The summed E-state index contributed by atoms with van der Waals surface area (Å²) in [6.45, 7) is 2.07. The molecule has 0 saturated carbocycles. The molecular formula is C12H12O2. The zero-order chi connectivity index (χ0) is 10.1. The number of carboxylic acid groups (broad SMARTS) is 1. The van der Waals surface area contributed by atoms with E-state index in [1.54, 1.807) is 0 Å². The van der Waals surface area contributed by atoms with Gasteiger partial charge in [0.2, 0.25) is 0 Å². The molecule has 0 heterocycles. The molecule has 2 rings (SSSR count). The fraction of sp³-hybridized carbons (Fsp3) is 0.250. The van der Waals surface area contributed by atoms with Crippen LogP contribution in [0.5, 0.6) is 0 Å². The van der Waals surface area contributed by atoms with Crippen molar-refractivity contribution in [2.24, 2.45) is 0 Å². The first kappa shape index (κ1) is 9.00. The van der Waals surface area contributed by atoms with E-state index in [0.29, 0.717) is 0 Å². The first-order chi connectivity index (χ1) is 6.68. The highest BCUT2D eigenvalue weighted by Gasteiger charge is 2.16. The first-order valence-electron chi connectivity index (χ1n) is 4.68. The molecule has 72 valence electrons. The topological polar surface area (TPSA) is 37.3 Å². The van der Waals surface area contributed by atoms with Crippen LogP contribution in [-0.2, 0) is 11.2 Å². The average molecular weight is 188 g/mol. The number of hydrogen-bond acceptors (Lipinski definition) is 1. The largest absolute Gasteiger partial charge is 0.481 e. The lowest BCUT2D eigenvalue weighted by Gasteiger charge is -2.05. The van der Waals surface area contributed by atoms with Gasteiger partial charge in [-0.05, 0) is 35.6 Å². The minimum atomic E-state index is -0.759. The molecule has 2 heteroatoms. The van der Waals surface area contributed by atoms with Crippen LogP contribution >= 0.6 is 0 Å². The average Bonchev–Trinajstić information content (AvgIpc) is 2.49. The van der Waals surface area contributed by atoms with Crippen LogP contribution < -0.4 is 0 Å². The molecule has 14 heavy (non-hydrogen) atoms. The van der Waals surface area contributed by atoms with Gasteiger partial charge < -0.3 is 5.11 Å². The molecule has 0 radical (unpaired) electrons. The molecule has 1 N–H and O–H groups in total. The van der Waals surface area contributed by atoms with E-state index in [2.05, 4.69) is 13.0 Å². The van der Waals surface area contributed by atoms with E-state index in [1.165, 1.54) is 11.1 Å². The first-order valence-corrected chi connectivity index (χ1v) is 4.68. The van der Waals surface area contributed by atoms with Gasteiger partial charge in [0.25, 0.3) is 0 Å². The van der Waals surface area contributed by atoms with Gasteiger partial charge in [-0.15, -0.1) is 0 Å². The van der Waals surface area contributed by atoms with Crippen LogP contribution in [0.15, 0.2) is 24.3 Å². The van der Waals surface area contributed by atoms with Crippen LogP contribution in [0.25, 0.3) is 5.57 Å². The number of benzene rings is 1. The molecule has 0 amide bonds. The van der Waals surface area contributed by atoms with Crippen LogP contribution in [0, 0.1) is 6.92 Å². The van der Waals surface area contributed by atoms with Gasteiger partial charge in [0.15, 0.2) is 0 Å². The molecule has 0 unspecified atom stereocenters. The van der Waals surface area contributed by atoms with Crippen molar-refractivity contribution in [1.29, 1.82) is 0 Å². The van der Waals surface area contributed by atoms with E-state index in [0.717, 1.165) is 17.6 Å². The van der Waals surface area contributed by atoms with Crippen molar-refractivity contribution >= 4 is 11.5 Å². The lowest BCUT2D eigenvalue weighted by molar-refractivity contribution is -0.135. The molecule has 2 nitrogen and oxygen atoms in total. The maximum atomic E-state index is 10.6. The summed E-state index contributed by atoms with van der Waals surface area (Å²) in [6, 6.07) is 6.05. The maximum absolute atomic E-state index is 10.6. The van der Waals surface area contributed by atoms with Gasteiger partial charge in [0.1, 0.15) is 0 Å². The number of allylic oxidation sites excluding steroid dienone is 1. The van der Waals surface area contributed by atoms with Gasteiger partial charge in [-0.2, -0.15) is 0 Å². The molecule has 1 aromatic carbocycles. The number of hydrogen-bond donors (Lipinski definition) is 1. The lowest BCUT2D eigenvalue weighted by Crippen LogP contribution is -1.96. The van der Waals surface area contributed by atoms with E-state index >= 15 is 0 Å². The van der Waals surface area contributed by atoms with Gasteiger partial charge >= 0.3 is 5.97 Å². The van der Waals surface area contributed by atoms with Gasteiger partial charge in [-0.1, -0.05) is 24.3 Å².